The molecule has 1 saturated heterocycles. The molecule has 1 amide bonds. The molecule has 1 aliphatic rings. The maximum Gasteiger partial charge on any atom is 0.254 e. The summed E-state index contributed by atoms with van der Waals surface area (Å²) >= 11 is 3.44. The topological polar surface area (TPSA) is 40.5 Å². The fraction of sp³-hybridized carbons (Fsp3) is 0.533. The molecule has 1 aromatic rings. The van der Waals surface area contributed by atoms with Gasteiger partial charge in [0.2, 0.25) is 0 Å². The van der Waals surface area contributed by atoms with Crippen LogP contribution in [0.25, 0.3) is 0 Å². The minimum atomic E-state index is 0.0485. The van der Waals surface area contributed by atoms with E-state index in [1.54, 1.807) is 18.2 Å². The molecule has 1 heterocycles. The van der Waals surface area contributed by atoms with Crippen LogP contribution in [0.15, 0.2) is 18.2 Å². The van der Waals surface area contributed by atoms with Gasteiger partial charge < -0.3 is 10.0 Å². The van der Waals surface area contributed by atoms with E-state index < -0.39 is 0 Å². The number of amides is 1. The first-order valence-corrected chi connectivity index (χ1v) is 7.92. The maximum atomic E-state index is 12.5. The number of carbonyl (C=O) groups excluding carboxylic acids is 1. The molecule has 0 aliphatic carbocycles. The van der Waals surface area contributed by atoms with Crippen molar-refractivity contribution in [2.24, 2.45) is 0 Å². The van der Waals surface area contributed by atoms with Crippen molar-refractivity contribution in [3.05, 3.63) is 29.3 Å². The number of likely N-dealkylation sites (tertiary alicyclic amines) is 1. The molecule has 1 unspecified atom stereocenters. The Morgan fingerprint density at radius 2 is 2.32 bits per heavy atom. The fourth-order valence-electron chi connectivity index (χ4n) is 2.62. The van der Waals surface area contributed by atoms with Gasteiger partial charge in [-0.2, -0.15) is 0 Å². The smallest absolute Gasteiger partial charge is 0.254 e. The first-order chi connectivity index (χ1) is 9.13. The van der Waals surface area contributed by atoms with Gasteiger partial charge in [-0.15, -0.1) is 0 Å². The van der Waals surface area contributed by atoms with Crippen LogP contribution in [-0.2, 0) is 0 Å². The maximum absolute atomic E-state index is 12.5. The Kier molecular flexibility index (Phi) is 4.86. The largest absolute Gasteiger partial charge is 0.508 e. The molecule has 104 valence electrons. The Balaban J connectivity index is 2.11. The van der Waals surface area contributed by atoms with Gasteiger partial charge in [0.1, 0.15) is 5.75 Å². The molecular weight excluding hydrogens is 306 g/mol. The van der Waals surface area contributed by atoms with E-state index in [9.17, 15) is 9.90 Å². The summed E-state index contributed by atoms with van der Waals surface area (Å²) in [5, 5.41) is 10.7. The van der Waals surface area contributed by atoms with Crippen LogP contribution in [0, 0.1) is 6.92 Å². The lowest BCUT2D eigenvalue weighted by Gasteiger charge is -2.24. The Morgan fingerprint density at radius 3 is 3.00 bits per heavy atom. The molecule has 1 N–H and O–H groups in total. The predicted octanol–water partition coefficient (Wildman–Crippen LogP) is 3.48. The van der Waals surface area contributed by atoms with Crippen molar-refractivity contribution in [1.29, 1.82) is 0 Å². The Morgan fingerprint density at radius 1 is 1.53 bits per heavy atom. The molecule has 0 aromatic heterocycles. The summed E-state index contributed by atoms with van der Waals surface area (Å²) in [4.78, 5) is 14.5. The lowest BCUT2D eigenvalue weighted by molar-refractivity contribution is 0.0730. The van der Waals surface area contributed by atoms with E-state index in [1.165, 1.54) is 0 Å². The molecule has 0 spiro atoms. The third kappa shape index (κ3) is 3.30. The van der Waals surface area contributed by atoms with Crippen LogP contribution in [0.1, 0.15) is 41.6 Å². The van der Waals surface area contributed by atoms with Gasteiger partial charge in [-0.05, 0) is 50.3 Å². The van der Waals surface area contributed by atoms with Crippen molar-refractivity contribution >= 4 is 21.8 Å². The lowest BCUT2D eigenvalue weighted by atomic mass is 10.1. The van der Waals surface area contributed by atoms with E-state index in [2.05, 4.69) is 15.9 Å². The number of hydrogen-bond acceptors (Lipinski definition) is 2. The molecular formula is C15H20BrNO2. The number of aromatic hydroxyl groups is 1. The number of alkyl halides is 1. The molecule has 0 bridgehead atoms. The summed E-state index contributed by atoms with van der Waals surface area (Å²) in [6.45, 7) is 2.67. The Labute approximate surface area is 122 Å². The number of halogens is 1. The van der Waals surface area contributed by atoms with E-state index >= 15 is 0 Å². The van der Waals surface area contributed by atoms with Gasteiger partial charge in [0.15, 0.2) is 0 Å². The second-order valence-electron chi connectivity index (χ2n) is 5.13. The first-order valence-electron chi connectivity index (χ1n) is 6.80. The number of rotatable bonds is 4. The summed E-state index contributed by atoms with van der Waals surface area (Å²) < 4.78 is 0. The number of phenols is 1. The summed E-state index contributed by atoms with van der Waals surface area (Å²) in [5.41, 5.74) is 1.39. The van der Waals surface area contributed by atoms with Crippen LogP contribution < -0.4 is 0 Å². The summed E-state index contributed by atoms with van der Waals surface area (Å²) in [5.74, 6) is 0.245. The van der Waals surface area contributed by atoms with Gasteiger partial charge in [0, 0.05) is 23.5 Å². The zero-order valence-corrected chi connectivity index (χ0v) is 12.8. The van der Waals surface area contributed by atoms with Crippen molar-refractivity contribution in [1.82, 2.24) is 4.90 Å². The van der Waals surface area contributed by atoms with Crippen molar-refractivity contribution in [3.63, 3.8) is 0 Å². The number of nitrogens with zero attached hydrogens (tertiary/aromatic N) is 1. The highest BCUT2D eigenvalue weighted by Gasteiger charge is 2.28. The molecule has 0 radical (unpaired) electrons. The average molecular weight is 326 g/mol. The number of hydrogen-bond donors (Lipinski definition) is 1. The second-order valence-corrected chi connectivity index (χ2v) is 5.92. The molecule has 4 heteroatoms. The lowest BCUT2D eigenvalue weighted by Crippen LogP contribution is -2.35. The summed E-state index contributed by atoms with van der Waals surface area (Å²) in [6, 6.07) is 5.54. The van der Waals surface area contributed by atoms with Crippen molar-refractivity contribution in [3.8, 4) is 5.75 Å². The Bertz CT molecular complexity index is 461. The van der Waals surface area contributed by atoms with E-state index in [4.69, 9.17) is 0 Å². The number of benzene rings is 1. The average Bonchev–Trinajstić information content (AvgIpc) is 2.87. The SMILES string of the molecule is Cc1ccc(C(=O)N2CCCC2CCCBr)cc1O. The third-order valence-electron chi connectivity index (χ3n) is 3.77. The van der Waals surface area contributed by atoms with E-state index in [0.29, 0.717) is 11.6 Å². The van der Waals surface area contributed by atoms with Crippen LogP contribution in [0.3, 0.4) is 0 Å². The number of phenolic OH excluding ortho intramolecular Hbond substituents is 1. The van der Waals surface area contributed by atoms with Crippen LogP contribution in [0.4, 0.5) is 0 Å². The van der Waals surface area contributed by atoms with Gasteiger partial charge in [0.25, 0.3) is 5.91 Å². The van der Waals surface area contributed by atoms with Crippen LogP contribution >= 0.6 is 15.9 Å². The Hall–Kier alpha value is -1.03. The molecule has 2 rings (SSSR count). The predicted molar refractivity (Wildman–Crippen MR) is 79.9 cm³/mol. The zero-order chi connectivity index (χ0) is 13.8. The van der Waals surface area contributed by atoms with Gasteiger partial charge in [0.05, 0.1) is 0 Å². The zero-order valence-electron chi connectivity index (χ0n) is 11.2. The molecule has 1 fully saturated rings. The van der Waals surface area contributed by atoms with E-state index in [1.807, 2.05) is 11.8 Å². The van der Waals surface area contributed by atoms with Gasteiger partial charge >= 0.3 is 0 Å². The monoisotopic (exact) mass is 325 g/mol. The van der Waals surface area contributed by atoms with E-state index in [-0.39, 0.29) is 11.7 Å². The number of aryl methyl sites for hydroxylation is 1. The second kappa shape index (κ2) is 6.42. The fourth-order valence-corrected chi connectivity index (χ4v) is 2.95. The minimum absolute atomic E-state index is 0.0485. The summed E-state index contributed by atoms with van der Waals surface area (Å²) in [6.07, 6.45) is 4.32. The molecule has 3 nitrogen and oxygen atoms in total. The first kappa shape index (κ1) is 14.4. The molecule has 1 aromatic carbocycles. The van der Waals surface area contributed by atoms with Crippen molar-refractivity contribution in [2.45, 2.75) is 38.6 Å². The van der Waals surface area contributed by atoms with Gasteiger partial charge in [-0.3, -0.25) is 4.79 Å². The normalized spacial score (nSPS) is 18.8. The summed E-state index contributed by atoms with van der Waals surface area (Å²) in [7, 11) is 0. The van der Waals surface area contributed by atoms with Crippen molar-refractivity contribution in [2.75, 3.05) is 11.9 Å². The van der Waals surface area contributed by atoms with Crippen LogP contribution in [-0.4, -0.2) is 33.8 Å². The van der Waals surface area contributed by atoms with Crippen LogP contribution in [0.2, 0.25) is 0 Å². The van der Waals surface area contributed by atoms with Gasteiger partial charge in [-0.1, -0.05) is 22.0 Å². The quantitative estimate of drug-likeness (QED) is 0.861. The highest BCUT2D eigenvalue weighted by atomic mass is 79.9. The molecule has 19 heavy (non-hydrogen) atoms. The van der Waals surface area contributed by atoms with Crippen LogP contribution in [0.5, 0.6) is 5.75 Å². The molecule has 0 saturated carbocycles. The van der Waals surface area contributed by atoms with Gasteiger partial charge in [-0.25, -0.2) is 0 Å². The van der Waals surface area contributed by atoms with Crippen molar-refractivity contribution < 1.29 is 9.90 Å². The molecule has 1 aliphatic heterocycles. The van der Waals surface area contributed by atoms with E-state index in [0.717, 1.165) is 43.1 Å². The highest BCUT2D eigenvalue weighted by Crippen LogP contribution is 2.25. The number of carbonyl (C=O) groups is 1. The third-order valence-corrected chi connectivity index (χ3v) is 4.33. The minimum Gasteiger partial charge on any atom is -0.508 e. The standard InChI is InChI=1S/C15H20BrNO2/c1-11-6-7-12(10-14(11)18)15(19)17-9-3-5-13(17)4-2-8-16/h6-7,10,13,18H,2-5,8-9H2,1H3. The highest BCUT2D eigenvalue weighted by molar-refractivity contribution is 9.09. The molecule has 1 atom stereocenters.